The van der Waals surface area contributed by atoms with Crippen LogP contribution in [0.15, 0.2) is 6.20 Å². The Hall–Kier alpha value is -2.52. The molecule has 0 atom stereocenters. The third-order valence-corrected chi connectivity index (χ3v) is 6.25. The van der Waals surface area contributed by atoms with Crippen LogP contribution in [-0.2, 0) is 11.2 Å². The van der Waals surface area contributed by atoms with Gasteiger partial charge in [0.05, 0.1) is 6.42 Å². The molecule has 2 fully saturated rings. The van der Waals surface area contributed by atoms with Crippen molar-refractivity contribution in [3.05, 3.63) is 17.5 Å². The first-order valence-corrected chi connectivity index (χ1v) is 11.1. The summed E-state index contributed by atoms with van der Waals surface area (Å²) >= 11 is 0. The van der Waals surface area contributed by atoms with Gasteiger partial charge in [-0.2, -0.15) is 0 Å². The molecule has 0 bridgehead atoms. The van der Waals surface area contributed by atoms with Crippen LogP contribution >= 0.6 is 0 Å². The molecule has 4 N–H and O–H groups in total. The summed E-state index contributed by atoms with van der Waals surface area (Å²) in [7, 11) is 0. The Kier molecular flexibility index (Phi) is 5.39. The molecule has 160 valence electrons. The average Bonchev–Trinajstić information content (AvgIpc) is 3.14. The van der Waals surface area contributed by atoms with Gasteiger partial charge in [0.2, 0.25) is 5.91 Å². The van der Waals surface area contributed by atoms with Crippen LogP contribution in [0.1, 0.15) is 55.7 Å². The Morgan fingerprint density at radius 1 is 1.20 bits per heavy atom. The summed E-state index contributed by atoms with van der Waals surface area (Å²) in [5, 5.41) is 3.50. The zero-order valence-electron chi connectivity index (χ0n) is 17.4. The number of likely N-dealkylation sites (tertiary alicyclic amines) is 1. The first-order valence-electron chi connectivity index (χ1n) is 11.1. The Labute approximate surface area is 176 Å². The van der Waals surface area contributed by atoms with Crippen molar-refractivity contribution in [3.8, 4) is 11.6 Å². The van der Waals surface area contributed by atoms with Gasteiger partial charge >= 0.3 is 0 Å². The highest BCUT2D eigenvalue weighted by Crippen LogP contribution is 2.39. The van der Waals surface area contributed by atoms with E-state index in [2.05, 4.69) is 30.2 Å². The molecule has 2 aromatic heterocycles. The van der Waals surface area contributed by atoms with Crippen molar-refractivity contribution in [2.24, 2.45) is 0 Å². The number of carbonyl (C=O) groups excluding carboxylic acids is 1. The van der Waals surface area contributed by atoms with E-state index in [1.165, 1.54) is 38.8 Å². The maximum atomic E-state index is 12.6. The summed E-state index contributed by atoms with van der Waals surface area (Å²) in [6.45, 7) is 4.97. The number of nitrogens with zero attached hydrogens (tertiary/aromatic N) is 5. The molecule has 3 aliphatic rings. The van der Waals surface area contributed by atoms with Crippen LogP contribution in [0.5, 0.6) is 0 Å². The third-order valence-electron chi connectivity index (χ3n) is 6.25. The molecular weight excluding hydrogens is 380 g/mol. The largest absolute Gasteiger partial charge is 0.383 e. The molecule has 2 aromatic rings. The number of nitrogens with two attached hydrogens (primary N) is 1. The van der Waals surface area contributed by atoms with E-state index in [-0.39, 0.29) is 12.3 Å². The summed E-state index contributed by atoms with van der Waals surface area (Å²) in [5.41, 5.74) is 8.05. The van der Waals surface area contributed by atoms with Gasteiger partial charge in [0, 0.05) is 36.6 Å². The predicted octanol–water partition coefficient (Wildman–Crippen LogP) is 1.64. The topological polar surface area (TPSA) is 116 Å². The molecule has 0 unspecified atom stereocenters. The van der Waals surface area contributed by atoms with Gasteiger partial charge in [0.15, 0.2) is 11.6 Å². The molecule has 0 spiro atoms. The van der Waals surface area contributed by atoms with Crippen molar-refractivity contribution < 1.29 is 4.79 Å². The second-order valence-electron chi connectivity index (χ2n) is 8.61. The van der Waals surface area contributed by atoms with Crippen molar-refractivity contribution >= 4 is 17.5 Å². The van der Waals surface area contributed by atoms with E-state index in [0.717, 1.165) is 37.3 Å². The van der Waals surface area contributed by atoms with Crippen molar-refractivity contribution in [1.82, 2.24) is 30.2 Å². The molecular formula is C21H30N8O. The summed E-state index contributed by atoms with van der Waals surface area (Å²) in [5.74, 6) is 2.74. The number of nitrogens with one attached hydrogen (secondary N) is 2. The zero-order valence-corrected chi connectivity index (χ0v) is 17.4. The number of carbonyl (C=O) groups is 1. The number of hydrogen-bond acceptors (Lipinski definition) is 7. The van der Waals surface area contributed by atoms with Crippen molar-refractivity contribution in [1.29, 1.82) is 0 Å². The average molecular weight is 411 g/mol. The number of imidazole rings is 1. The molecule has 0 radical (unpaired) electrons. The second kappa shape index (κ2) is 8.31. The second-order valence-corrected chi connectivity index (χ2v) is 8.61. The molecule has 1 saturated carbocycles. The molecule has 1 amide bonds. The Balaban J connectivity index is 1.20. The van der Waals surface area contributed by atoms with Gasteiger partial charge in [0.1, 0.15) is 11.6 Å². The van der Waals surface area contributed by atoms with Crippen molar-refractivity contribution in [3.63, 3.8) is 0 Å². The number of nitrogen functional groups attached to an aromatic ring is 1. The van der Waals surface area contributed by atoms with Crippen LogP contribution in [0.4, 0.5) is 11.6 Å². The van der Waals surface area contributed by atoms with Crippen LogP contribution in [-0.4, -0.2) is 63.6 Å². The molecule has 0 aromatic carbocycles. The highest BCUT2D eigenvalue weighted by Gasteiger charge is 2.32. The lowest BCUT2D eigenvalue weighted by atomic mass is 10.2. The number of aromatic amines is 1. The fourth-order valence-electron chi connectivity index (χ4n) is 4.33. The number of hydrogen-bond donors (Lipinski definition) is 3. The highest BCUT2D eigenvalue weighted by molar-refractivity contribution is 6.01. The first-order chi connectivity index (χ1) is 14.7. The molecule has 1 aliphatic carbocycles. The molecule has 9 heteroatoms. The van der Waals surface area contributed by atoms with Crippen LogP contribution in [0, 0.1) is 0 Å². The monoisotopic (exact) mass is 410 g/mol. The van der Waals surface area contributed by atoms with E-state index in [1.54, 1.807) is 4.90 Å². The van der Waals surface area contributed by atoms with Crippen molar-refractivity contribution in [2.45, 2.75) is 50.9 Å². The predicted molar refractivity (Wildman–Crippen MR) is 115 cm³/mol. The Morgan fingerprint density at radius 3 is 2.83 bits per heavy atom. The Morgan fingerprint density at radius 2 is 2.03 bits per heavy atom. The minimum atomic E-state index is 0.0475. The number of H-pyrrole nitrogens is 1. The van der Waals surface area contributed by atoms with E-state index in [4.69, 9.17) is 5.73 Å². The lowest BCUT2D eigenvalue weighted by Gasteiger charge is -2.18. The molecule has 4 heterocycles. The fourth-order valence-corrected chi connectivity index (χ4v) is 4.33. The van der Waals surface area contributed by atoms with Crippen LogP contribution in [0.3, 0.4) is 0 Å². The molecule has 9 nitrogen and oxygen atoms in total. The number of unbranched alkanes of at least 4 members (excludes halogenated alkanes) is 1. The normalized spacial score (nSPS) is 19.1. The molecule has 1 saturated heterocycles. The van der Waals surface area contributed by atoms with Gasteiger partial charge in [0.25, 0.3) is 0 Å². The summed E-state index contributed by atoms with van der Waals surface area (Å²) in [6, 6.07) is 0. The van der Waals surface area contributed by atoms with Gasteiger partial charge in [-0.25, -0.2) is 15.0 Å². The fraction of sp³-hybridized carbons (Fsp3) is 0.619. The minimum absolute atomic E-state index is 0.0475. The number of fused-ring (bicyclic) bond motifs is 1. The van der Waals surface area contributed by atoms with E-state index >= 15 is 0 Å². The maximum absolute atomic E-state index is 12.6. The smallest absolute Gasteiger partial charge is 0.232 e. The standard InChI is InChI=1S/C21H30N8O/c22-18-15-11-17(30)29(10-2-1-7-23-13-28-8-3-4-9-28)21(15)27-20(26-18)19-24-12-16(25-19)14-5-6-14/h12,14,23H,1-11,13H2,(H,24,25)(H2,22,26,27). The van der Waals surface area contributed by atoms with Gasteiger partial charge < -0.3 is 16.0 Å². The number of anilines is 2. The van der Waals surface area contributed by atoms with Gasteiger partial charge in [-0.15, -0.1) is 0 Å². The van der Waals surface area contributed by atoms with E-state index in [9.17, 15) is 4.79 Å². The van der Waals surface area contributed by atoms with Gasteiger partial charge in [-0.3, -0.25) is 14.6 Å². The van der Waals surface area contributed by atoms with Crippen molar-refractivity contribution in [2.75, 3.05) is 43.5 Å². The third kappa shape index (κ3) is 4.04. The highest BCUT2D eigenvalue weighted by atomic mass is 16.2. The van der Waals surface area contributed by atoms with E-state index in [0.29, 0.717) is 35.7 Å². The SMILES string of the molecule is Nc1nc(-c2ncc(C3CC3)[nH]2)nc2c1CC(=O)N2CCCCNCN1CCCC1. The summed E-state index contributed by atoms with van der Waals surface area (Å²) in [6.07, 6.45) is 9.09. The van der Waals surface area contributed by atoms with E-state index < -0.39 is 0 Å². The van der Waals surface area contributed by atoms with Crippen LogP contribution in [0.2, 0.25) is 0 Å². The van der Waals surface area contributed by atoms with Gasteiger partial charge in [-0.05, 0) is 58.2 Å². The first kappa shape index (κ1) is 19.4. The number of rotatable bonds is 9. The number of aromatic nitrogens is 4. The lowest BCUT2D eigenvalue weighted by molar-refractivity contribution is -0.117. The zero-order chi connectivity index (χ0) is 20.5. The van der Waals surface area contributed by atoms with Gasteiger partial charge in [-0.1, -0.05) is 0 Å². The Bertz CT molecular complexity index is 916. The van der Waals surface area contributed by atoms with Crippen LogP contribution < -0.4 is 16.0 Å². The quantitative estimate of drug-likeness (QED) is 0.538. The van der Waals surface area contributed by atoms with Crippen LogP contribution in [0.25, 0.3) is 11.6 Å². The lowest BCUT2D eigenvalue weighted by Crippen LogP contribution is -2.33. The molecule has 2 aliphatic heterocycles. The number of amides is 1. The molecule has 5 rings (SSSR count). The summed E-state index contributed by atoms with van der Waals surface area (Å²) in [4.78, 5) is 33.6. The minimum Gasteiger partial charge on any atom is -0.383 e. The summed E-state index contributed by atoms with van der Waals surface area (Å²) < 4.78 is 0. The molecule has 30 heavy (non-hydrogen) atoms. The van der Waals surface area contributed by atoms with E-state index in [1.807, 2.05) is 6.20 Å². The maximum Gasteiger partial charge on any atom is 0.232 e.